The summed E-state index contributed by atoms with van der Waals surface area (Å²) >= 11 is 0. The zero-order valence-corrected chi connectivity index (χ0v) is 6.91. The van der Waals surface area contributed by atoms with Gasteiger partial charge < -0.3 is 4.79 Å². The van der Waals surface area contributed by atoms with Crippen molar-refractivity contribution in [3.8, 4) is 0 Å². The van der Waals surface area contributed by atoms with E-state index in [2.05, 4.69) is 0 Å². The van der Waals surface area contributed by atoms with Crippen LogP contribution in [0.25, 0.3) is 0 Å². The molecule has 2 atom stereocenters. The van der Waals surface area contributed by atoms with Crippen LogP contribution in [0.3, 0.4) is 0 Å². The van der Waals surface area contributed by atoms with Crippen molar-refractivity contribution >= 4 is 6.29 Å². The minimum Gasteiger partial charge on any atom is -0.300 e. The minimum atomic E-state index is -1.40. The van der Waals surface area contributed by atoms with E-state index in [0.717, 1.165) is 5.56 Å². The molecule has 12 heavy (non-hydrogen) atoms. The lowest BCUT2D eigenvalue weighted by Gasteiger charge is -2.10. The average molecular weight is 166 g/mol. The molecule has 0 aliphatic heterocycles. The standard InChI is InChI=1S/C10H11FO/c1-8(10(11)7-12)9-5-3-2-4-6-9/h2-8,10H,1H3/t8?,10-/m1/s1. The maximum atomic E-state index is 12.8. The molecule has 0 heterocycles. The first-order chi connectivity index (χ1) is 5.75. The quantitative estimate of drug-likeness (QED) is 0.630. The van der Waals surface area contributed by atoms with Gasteiger partial charge in [0.15, 0.2) is 12.5 Å². The van der Waals surface area contributed by atoms with Gasteiger partial charge in [-0.05, 0) is 5.56 Å². The Morgan fingerprint density at radius 2 is 1.92 bits per heavy atom. The Morgan fingerprint density at radius 1 is 1.33 bits per heavy atom. The number of hydrogen-bond acceptors (Lipinski definition) is 1. The molecule has 0 saturated heterocycles. The fourth-order valence-electron chi connectivity index (χ4n) is 1.06. The third-order valence-electron chi connectivity index (χ3n) is 1.93. The molecule has 0 amide bonds. The van der Waals surface area contributed by atoms with Crippen LogP contribution in [0.5, 0.6) is 0 Å². The van der Waals surface area contributed by atoms with Gasteiger partial charge in [-0.25, -0.2) is 4.39 Å². The maximum Gasteiger partial charge on any atom is 0.162 e. The van der Waals surface area contributed by atoms with Gasteiger partial charge in [0.05, 0.1) is 0 Å². The van der Waals surface area contributed by atoms with Crippen LogP contribution in [0.2, 0.25) is 0 Å². The Balaban J connectivity index is 2.78. The van der Waals surface area contributed by atoms with Gasteiger partial charge in [0.2, 0.25) is 0 Å². The Bertz CT molecular complexity index is 245. The summed E-state index contributed by atoms with van der Waals surface area (Å²) in [4.78, 5) is 10.1. The molecular formula is C10H11FO. The number of hydrogen-bond donors (Lipinski definition) is 0. The van der Waals surface area contributed by atoms with E-state index >= 15 is 0 Å². The van der Waals surface area contributed by atoms with Gasteiger partial charge in [-0.1, -0.05) is 37.3 Å². The minimum absolute atomic E-state index is 0.344. The molecule has 0 radical (unpaired) electrons. The van der Waals surface area contributed by atoms with E-state index in [1.54, 1.807) is 6.92 Å². The third-order valence-corrected chi connectivity index (χ3v) is 1.93. The van der Waals surface area contributed by atoms with Crippen molar-refractivity contribution in [1.29, 1.82) is 0 Å². The van der Waals surface area contributed by atoms with Gasteiger partial charge in [0.1, 0.15) is 0 Å². The lowest BCUT2D eigenvalue weighted by molar-refractivity contribution is -0.112. The first-order valence-corrected chi connectivity index (χ1v) is 3.90. The molecule has 0 N–H and O–H groups in total. The van der Waals surface area contributed by atoms with E-state index in [-0.39, 0.29) is 5.92 Å². The highest BCUT2D eigenvalue weighted by Gasteiger charge is 2.16. The number of rotatable bonds is 3. The highest BCUT2D eigenvalue weighted by Crippen LogP contribution is 2.19. The first kappa shape index (κ1) is 8.91. The summed E-state index contributed by atoms with van der Waals surface area (Å²) < 4.78 is 12.8. The van der Waals surface area contributed by atoms with Crippen LogP contribution in [-0.4, -0.2) is 12.5 Å². The van der Waals surface area contributed by atoms with Crippen molar-refractivity contribution in [3.05, 3.63) is 35.9 Å². The second-order valence-electron chi connectivity index (χ2n) is 2.78. The summed E-state index contributed by atoms with van der Waals surface area (Å²) in [5.74, 6) is -0.344. The number of aldehydes is 1. The zero-order valence-electron chi connectivity index (χ0n) is 6.91. The highest BCUT2D eigenvalue weighted by atomic mass is 19.1. The SMILES string of the molecule is CC(c1ccccc1)[C@H](F)C=O. The van der Waals surface area contributed by atoms with Gasteiger partial charge in [-0.2, -0.15) is 0 Å². The summed E-state index contributed by atoms with van der Waals surface area (Å²) in [5, 5.41) is 0. The Hall–Kier alpha value is -1.18. The summed E-state index contributed by atoms with van der Waals surface area (Å²) in [5.41, 5.74) is 0.858. The molecule has 0 bridgehead atoms. The van der Waals surface area contributed by atoms with Crippen molar-refractivity contribution in [1.82, 2.24) is 0 Å². The molecule has 1 rings (SSSR count). The van der Waals surface area contributed by atoms with E-state index in [4.69, 9.17) is 0 Å². The second-order valence-corrected chi connectivity index (χ2v) is 2.78. The smallest absolute Gasteiger partial charge is 0.162 e. The summed E-state index contributed by atoms with van der Waals surface area (Å²) in [6, 6.07) is 9.18. The molecule has 1 aromatic rings. The van der Waals surface area contributed by atoms with Gasteiger partial charge in [0.25, 0.3) is 0 Å². The molecule has 0 spiro atoms. The van der Waals surface area contributed by atoms with Crippen LogP contribution < -0.4 is 0 Å². The number of benzene rings is 1. The summed E-state index contributed by atoms with van der Waals surface area (Å²) in [6.45, 7) is 1.70. The predicted molar refractivity (Wildman–Crippen MR) is 45.8 cm³/mol. The molecule has 0 aliphatic rings. The summed E-state index contributed by atoms with van der Waals surface area (Å²) in [6.07, 6.45) is -1.05. The van der Waals surface area contributed by atoms with Crippen LogP contribution >= 0.6 is 0 Å². The normalized spacial score (nSPS) is 15.2. The van der Waals surface area contributed by atoms with Gasteiger partial charge in [-0.15, -0.1) is 0 Å². The van der Waals surface area contributed by atoms with E-state index in [1.807, 2.05) is 30.3 Å². The average Bonchev–Trinajstić information content (AvgIpc) is 2.17. The van der Waals surface area contributed by atoms with Crippen LogP contribution in [0.15, 0.2) is 30.3 Å². The zero-order chi connectivity index (χ0) is 8.97. The largest absolute Gasteiger partial charge is 0.300 e. The number of carbonyl (C=O) groups excluding carboxylic acids is 1. The number of carbonyl (C=O) groups is 1. The molecule has 0 aliphatic carbocycles. The topological polar surface area (TPSA) is 17.1 Å². The maximum absolute atomic E-state index is 12.8. The van der Waals surface area contributed by atoms with Crippen molar-refractivity contribution < 1.29 is 9.18 Å². The predicted octanol–water partition coefficient (Wildman–Crippen LogP) is 2.33. The molecular weight excluding hydrogens is 155 g/mol. The second kappa shape index (κ2) is 4.00. The van der Waals surface area contributed by atoms with E-state index < -0.39 is 6.17 Å². The summed E-state index contributed by atoms with van der Waals surface area (Å²) in [7, 11) is 0. The fraction of sp³-hybridized carbons (Fsp3) is 0.300. The Kier molecular flexibility index (Phi) is 2.97. The van der Waals surface area contributed by atoms with Crippen molar-refractivity contribution in [2.45, 2.75) is 19.0 Å². The molecule has 2 heteroatoms. The third kappa shape index (κ3) is 1.91. The fourth-order valence-corrected chi connectivity index (χ4v) is 1.06. The highest BCUT2D eigenvalue weighted by molar-refractivity contribution is 5.58. The van der Waals surface area contributed by atoms with E-state index in [1.165, 1.54) is 0 Å². The lowest BCUT2D eigenvalue weighted by atomic mass is 9.97. The van der Waals surface area contributed by atoms with E-state index in [9.17, 15) is 9.18 Å². The molecule has 0 aromatic heterocycles. The van der Waals surface area contributed by atoms with Crippen molar-refractivity contribution in [2.75, 3.05) is 0 Å². The van der Waals surface area contributed by atoms with Crippen LogP contribution in [0.4, 0.5) is 4.39 Å². The van der Waals surface area contributed by atoms with Gasteiger partial charge in [-0.3, -0.25) is 0 Å². The molecule has 1 nitrogen and oxygen atoms in total. The molecule has 64 valence electrons. The molecule has 1 aromatic carbocycles. The van der Waals surface area contributed by atoms with Crippen LogP contribution in [-0.2, 0) is 4.79 Å². The molecule has 1 unspecified atom stereocenters. The first-order valence-electron chi connectivity index (χ1n) is 3.90. The van der Waals surface area contributed by atoms with Gasteiger partial charge >= 0.3 is 0 Å². The Morgan fingerprint density at radius 3 is 2.42 bits per heavy atom. The number of halogens is 1. The van der Waals surface area contributed by atoms with Crippen LogP contribution in [0, 0.1) is 0 Å². The van der Waals surface area contributed by atoms with Crippen LogP contribution in [0.1, 0.15) is 18.4 Å². The van der Waals surface area contributed by atoms with E-state index in [0.29, 0.717) is 6.29 Å². The molecule has 0 fully saturated rings. The number of alkyl halides is 1. The lowest BCUT2D eigenvalue weighted by Crippen LogP contribution is -2.11. The van der Waals surface area contributed by atoms with Crippen molar-refractivity contribution in [2.24, 2.45) is 0 Å². The monoisotopic (exact) mass is 166 g/mol. The van der Waals surface area contributed by atoms with Crippen molar-refractivity contribution in [3.63, 3.8) is 0 Å². The Labute approximate surface area is 71.2 Å². The molecule has 0 saturated carbocycles. The van der Waals surface area contributed by atoms with Gasteiger partial charge in [0, 0.05) is 5.92 Å².